The van der Waals surface area contributed by atoms with E-state index >= 15 is 0 Å². The van der Waals surface area contributed by atoms with Gasteiger partial charge in [-0.1, -0.05) is 54.8 Å². The monoisotopic (exact) mass is 523 g/mol. The second-order valence-electron chi connectivity index (χ2n) is 9.62. The highest BCUT2D eigenvalue weighted by Gasteiger charge is 2.19. The van der Waals surface area contributed by atoms with Crippen LogP contribution in [0.15, 0.2) is 91.3 Å². The molecule has 193 valence electrons. The number of carbonyl (C=O) groups excluding carboxylic acids is 1. The molecule has 1 radical (unpaired) electrons. The average Bonchev–Trinajstić information content (AvgIpc) is 2.98. The molecule has 3 aromatic carbocycles. The third-order valence-electron chi connectivity index (χ3n) is 7.17. The standard InChI is InChI=1S/C33H32ClN2O2/c1-2-36(30-18-20-35-21-19-30)33(37)27-12-17-32(26-8-13-29(34)14-9-26)28(22-27)23-38-31-15-10-25(11-16-31)24-6-4-3-5-7-24/h6,8-22,24H,2-5,7,23H2,1H3. The number of pyridine rings is 1. The molecule has 1 amide bonds. The van der Waals surface area contributed by atoms with Crippen LogP contribution < -0.4 is 9.64 Å². The number of carbonyl (C=O) groups is 1. The van der Waals surface area contributed by atoms with Crippen LogP contribution in [0.5, 0.6) is 5.75 Å². The van der Waals surface area contributed by atoms with Gasteiger partial charge in [-0.05, 0) is 103 Å². The predicted octanol–water partition coefficient (Wildman–Crippen LogP) is 8.51. The molecule has 5 rings (SSSR count). The molecule has 1 aliphatic rings. The summed E-state index contributed by atoms with van der Waals surface area (Å²) in [6.45, 7) is 2.87. The van der Waals surface area contributed by atoms with Crippen LogP contribution in [0.4, 0.5) is 5.69 Å². The van der Waals surface area contributed by atoms with Crippen LogP contribution in [0, 0.1) is 6.42 Å². The Kier molecular flexibility index (Phi) is 8.40. The maximum absolute atomic E-state index is 13.5. The molecule has 0 N–H and O–H groups in total. The maximum atomic E-state index is 13.5. The third-order valence-corrected chi connectivity index (χ3v) is 7.42. The summed E-state index contributed by atoms with van der Waals surface area (Å²) >= 11 is 6.14. The molecule has 0 bridgehead atoms. The zero-order valence-corrected chi connectivity index (χ0v) is 22.4. The van der Waals surface area contributed by atoms with Crippen molar-refractivity contribution in [3.8, 4) is 16.9 Å². The van der Waals surface area contributed by atoms with Gasteiger partial charge in [-0.2, -0.15) is 0 Å². The molecule has 1 fully saturated rings. The molecule has 1 aromatic heterocycles. The van der Waals surface area contributed by atoms with E-state index in [9.17, 15) is 4.79 Å². The Morgan fingerprint density at radius 3 is 2.42 bits per heavy atom. The van der Waals surface area contributed by atoms with Gasteiger partial charge < -0.3 is 9.64 Å². The minimum absolute atomic E-state index is 0.0595. The summed E-state index contributed by atoms with van der Waals surface area (Å²) in [4.78, 5) is 19.4. The summed E-state index contributed by atoms with van der Waals surface area (Å²) < 4.78 is 6.26. The van der Waals surface area contributed by atoms with Gasteiger partial charge >= 0.3 is 0 Å². The van der Waals surface area contributed by atoms with Gasteiger partial charge in [0.15, 0.2) is 0 Å². The van der Waals surface area contributed by atoms with Crippen molar-refractivity contribution in [1.82, 2.24) is 4.98 Å². The number of hydrogen-bond acceptors (Lipinski definition) is 3. The van der Waals surface area contributed by atoms with E-state index in [0.29, 0.717) is 29.7 Å². The fourth-order valence-corrected chi connectivity index (χ4v) is 5.23. The molecule has 0 aliphatic heterocycles. The quantitative estimate of drug-likeness (QED) is 0.232. The van der Waals surface area contributed by atoms with E-state index in [4.69, 9.17) is 16.3 Å². The first-order valence-corrected chi connectivity index (χ1v) is 13.7. The smallest absolute Gasteiger partial charge is 0.258 e. The molecule has 4 aromatic rings. The summed E-state index contributed by atoms with van der Waals surface area (Å²) in [5.74, 6) is 1.30. The lowest BCUT2D eigenvalue weighted by molar-refractivity contribution is 0.0988. The molecule has 1 heterocycles. The highest BCUT2D eigenvalue weighted by Crippen LogP contribution is 2.33. The van der Waals surface area contributed by atoms with E-state index in [2.05, 4.69) is 35.7 Å². The van der Waals surface area contributed by atoms with E-state index in [0.717, 1.165) is 28.1 Å². The van der Waals surface area contributed by atoms with Gasteiger partial charge in [0.2, 0.25) is 0 Å². The van der Waals surface area contributed by atoms with E-state index in [1.807, 2.05) is 61.5 Å². The molecular formula is C33H32ClN2O2. The molecule has 1 unspecified atom stereocenters. The van der Waals surface area contributed by atoms with Crippen LogP contribution in [0.1, 0.15) is 60.0 Å². The number of anilines is 1. The van der Waals surface area contributed by atoms with E-state index in [-0.39, 0.29) is 5.91 Å². The molecule has 0 spiro atoms. The highest BCUT2D eigenvalue weighted by atomic mass is 35.5. The number of nitrogens with zero attached hydrogens (tertiary/aromatic N) is 2. The zero-order valence-electron chi connectivity index (χ0n) is 21.6. The zero-order chi connectivity index (χ0) is 26.3. The molecule has 38 heavy (non-hydrogen) atoms. The van der Waals surface area contributed by atoms with Crippen molar-refractivity contribution in [2.24, 2.45) is 0 Å². The number of hydrogen-bond donors (Lipinski definition) is 0. The van der Waals surface area contributed by atoms with Crippen molar-refractivity contribution in [1.29, 1.82) is 0 Å². The van der Waals surface area contributed by atoms with Crippen LogP contribution in [0.3, 0.4) is 0 Å². The lowest BCUT2D eigenvalue weighted by Crippen LogP contribution is -2.30. The van der Waals surface area contributed by atoms with Gasteiger partial charge in [-0.15, -0.1) is 0 Å². The molecule has 1 saturated carbocycles. The lowest BCUT2D eigenvalue weighted by atomic mass is 9.84. The molecule has 5 heteroatoms. The largest absolute Gasteiger partial charge is 0.489 e. The number of aromatic nitrogens is 1. The second-order valence-corrected chi connectivity index (χ2v) is 10.1. The Labute approximate surface area is 230 Å². The van der Waals surface area contributed by atoms with Crippen LogP contribution in [-0.4, -0.2) is 17.4 Å². The first-order chi connectivity index (χ1) is 18.6. The average molecular weight is 524 g/mol. The van der Waals surface area contributed by atoms with E-state index in [1.165, 1.54) is 31.2 Å². The molecular weight excluding hydrogens is 492 g/mol. The number of benzene rings is 3. The Balaban J connectivity index is 1.40. The van der Waals surface area contributed by atoms with Gasteiger partial charge in [0.25, 0.3) is 5.91 Å². The Morgan fingerprint density at radius 1 is 0.974 bits per heavy atom. The summed E-state index contributed by atoms with van der Waals surface area (Å²) in [6.07, 6.45) is 10.8. The van der Waals surface area contributed by atoms with Gasteiger partial charge in [0.05, 0.1) is 0 Å². The topological polar surface area (TPSA) is 42.4 Å². The van der Waals surface area contributed by atoms with Gasteiger partial charge in [-0.3, -0.25) is 9.78 Å². The van der Waals surface area contributed by atoms with Crippen LogP contribution in [0.25, 0.3) is 11.1 Å². The number of amides is 1. The van der Waals surface area contributed by atoms with Gasteiger partial charge in [0.1, 0.15) is 12.4 Å². The van der Waals surface area contributed by atoms with E-state index < -0.39 is 0 Å². The second kappa shape index (κ2) is 12.3. The van der Waals surface area contributed by atoms with Crippen molar-refractivity contribution < 1.29 is 9.53 Å². The summed E-state index contributed by atoms with van der Waals surface area (Å²) in [5, 5.41) is 0.685. The SMILES string of the molecule is CCN(C(=O)c1ccc(-c2ccc(Cl)cc2)c(COc2ccc(C3[CH]CCCC3)cc2)c1)c1ccncc1. The fourth-order valence-electron chi connectivity index (χ4n) is 5.10. The first-order valence-electron chi connectivity index (χ1n) is 13.3. The van der Waals surface area contributed by atoms with Gasteiger partial charge in [-0.25, -0.2) is 0 Å². The summed E-state index contributed by atoms with van der Waals surface area (Å²) in [7, 11) is 0. The van der Waals surface area contributed by atoms with Crippen molar-refractivity contribution in [3.63, 3.8) is 0 Å². The Morgan fingerprint density at radius 2 is 1.74 bits per heavy atom. The Hall–Kier alpha value is -3.63. The highest BCUT2D eigenvalue weighted by molar-refractivity contribution is 6.30. The third kappa shape index (κ3) is 6.08. The van der Waals surface area contributed by atoms with Gasteiger partial charge in [0, 0.05) is 35.2 Å². The van der Waals surface area contributed by atoms with Crippen molar-refractivity contribution in [3.05, 3.63) is 119 Å². The van der Waals surface area contributed by atoms with Crippen LogP contribution in [0.2, 0.25) is 5.02 Å². The summed E-state index contributed by atoms with van der Waals surface area (Å²) in [5.41, 5.74) is 5.76. The number of rotatable bonds is 8. The maximum Gasteiger partial charge on any atom is 0.258 e. The molecule has 1 aliphatic carbocycles. The Bertz CT molecular complexity index is 1350. The van der Waals surface area contributed by atoms with Crippen LogP contribution in [-0.2, 0) is 6.61 Å². The minimum atomic E-state index is -0.0595. The molecule has 0 saturated heterocycles. The number of ether oxygens (including phenoxy) is 1. The lowest BCUT2D eigenvalue weighted by Gasteiger charge is -2.22. The minimum Gasteiger partial charge on any atom is -0.489 e. The predicted molar refractivity (Wildman–Crippen MR) is 155 cm³/mol. The fraction of sp³-hybridized carbons (Fsp3) is 0.242. The van der Waals surface area contributed by atoms with Crippen LogP contribution >= 0.6 is 11.6 Å². The summed E-state index contributed by atoms with van der Waals surface area (Å²) in [6, 6.07) is 25.7. The molecule has 1 atom stereocenters. The van der Waals surface area contributed by atoms with Crippen molar-refractivity contribution >= 4 is 23.2 Å². The normalized spacial score (nSPS) is 13.7. The molecule has 4 nitrogen and oxygen atoms in total. The van der Waals surface area contributed by atoms with Crippen molar-refractivity contribution in [2.45, 2.75) is 45.1 Å². The number of halogens is 1. The van der Waals surface area contributed by atoms with Crippen molar-refractivity contribution in [2.75, 3.05) is 11.4 Å². The first kappa shape index (κ1) is 26.0. The van der Waals surface area contributed by atoms with E-state index in [1.54, 1.807) is 17.3 Å².